The van der Waals surface area contributed by atoms with E-state index < -0.39 is 0 Å². The van der Waals surface area contributed by atoms with Gasteiger partial charge >= 0.3 is 0 Å². The zero-order valence-electron chi connectivity index (χ0n) is 13.4. The molecule has 0 radical (unpaired) electrons. The van der Waals surface area contributed by atoms with Gasteiger partial charge in [0.05, 0.1) is 18.1 Å². The summed E-state index contributed by atoms with van der Waals surface area (Å²) in [6.45, 7) is 7.61. The van der Waals surface area contributed by atoms with Crippen LogP contribution in [-0.4, -0.2) is 47.6 Å². The molecule has 2 saturated heterocycles. The Morgan fingerprint density at radius 1 is 1.41 bits per heavy atom. The lowest BCUT2D eigenvalue weighted by Gasteiger charge is -2.32. The van der Waals surface area contributed by atoms with Gasteiger partial charge in [-0.05, 0) is 30.0 Å². The van der Waals surface area contributed by atoms with Crippen LogP contribution in [0.3, 0.4) is 0 Å². The summed E-state index contributed by atoms with van der Waals surface area (Å²) in [7, 11) is 0. The van der Waals surface area contributed by atoms with Crippen molar-refractivity contribution in [3.63, 3.8) is 0 Å². The van der Waals surface area contributed by atoms with Crippen molar-refractivity contribution in [2.45, 2.75) is 39.0 Å². The highest BCUT2D eigenvalue weighted by Gasteiger charge is 2.44. The summed E-state index contributed by atoms with van der Waals surface area (Å²) in [4.78, 5) is 18.8. The summed E-state index contributed by atoms with van der Waals surface area (Å²) in [5, 5.41) is 3.06. The van der Waals surface area contributed by atoms with Gasteiger partial charge in [-0.3, -0.25) is 14.7 Å². The number of ether oxygens (including phenoxy) is 1. The number of fused-ring (bicyclic) bond motifs is 2. The molecule has 1 aromatic rings. The molecule has 1 amide bonds. The van der Waals surface area contributed by atoms with Crippen molar-refractivity contribution < 1.29 is 9.53 Å². The highest BCUT2D eigenvalue weighted by molar-refractivity contribution is 5.79. The summed E-state index contributed by atoms with van der Waals surface area (Å²) in [6.07, 6.45) is 4.73. The molecule has 120 valence electrons. The number of amides is 1. The fraction of sp³-hybridized carbons (Fsp3) is 0.647. The minimum absolute atomic E-state index is 0.00573. The number of hydrogen-bond acceptors (Lipinski definition) is 4. The number of carbonyl (C=O) groups excluding carboxylic acids is 1. The predicted octanol–water partition coefficient (Wildman–Crippen LogP) is 1.44. The van der Waals surface area contributed by atoms with Crippen LogP contribution in [0, 0.1) is 11.8 Å². The van der Waals surface area contributed by atoms with Gasteiger partial charge in [0.15, 0.2) is 0 Å². The number of carbonyl (C=O) groups is 1. The van der Waals surface area contributed by atoms with Crippen LogP contribution in [0.25, 0.3) is 0 Å². The minimum atomic E-state index is 0.00573. The Hall–Kier alpha value is -1.46. The normalized spacial score (nSPS) is 28.0. The molecule has 3 unspecified atom stereocenters. The van der Waals surface area contributed by atoms with Crippen molar-refractivity contribution in [1.82, 2.24) is 15.2 Å². The fourth-order valence-corrected chi connectivity index (χ4v) is 3.32. The Balaban J connectivity index is 1.56. The van der Waals surface area contributed by atoms with E-state index in [1.807, 2.05) is 24.5 Å². The van der Waals surface area contributed by atoms with Gasteiger partial charge in [0.2, 0.25) is 5.91 Å². The zero-order chi connectivity index (χ0) is 15.5. The van der Waals surface area contributed by atoms with Gasteiger partial charge < -0.3 is 10.1 Å². The molecule has 0 spiro atoms. The average Bonchev–Trinajstić information content (AvgIpc) is 2.80. The lowest BCUT2D eigenvalue weighted by molar-refractivity contribution is -0.128. The van der Waals surface area contributed by atoms with Crippen LogP contribution in [0.5, 0.6) is 0 Å². The molecule has 5 nitrogen and oxygen atoms in total. The van der Waals surface area contributed by atoms with Crippen molar-refractivity contribution in [1.29, 1.82) is 0 Å². The molecule has 2 aliphatic heterocycles. The van der Waals surface area contributed by atoms with Gasteiger partial charge in [-0.2, -0.15) is 0 Å². The molecule has 3 atom stereocenters. The molecule has 22 heavy (non-hydrogen) atoms. The molecule has 1 aromatic heterocycles. The van der Waals surface area contributed by atoms with Crippen molar-refractivity contribution in [2.24, 2.45) is 11.8 Å². The van der Waals surface area contributed by atoms with Crippen LogP contribution in [0.1, 0.15) is 25.8 Å². The molecule has 2 bridgehead atoms. The second-order valence-corrected chi connectivity index (χ2v) is 6.83. The van der Waals surface area contributed by atoms with Crippen molar-refractivity contribution in [3.05, 3.63) is 30.1 Å². The van der Waals surface area contributed by atoms with E-state index in [4.69, 9.17) is 4.74 Å². The third-order valence-corrected chi connectivity index (χ3v) is 4.41. The van der Waals surface area contributed by atoms with E-state index in [9.17, 15) is 4.79 Å². The maximum absolute atomic E-state index is 12.3. The Morgan fingerprint density at radius 2 is 2.18 bits per heavy atom. The van der Waals surface area contributed by atoms with Crippen LogP contribution >= 0.6 is 0 Å². The molecule has 0 saturated carbocycles. The lowest BCUT2D eigenvalue weighted by atomic mass is 9.99. The minimum Gasteiger partial charge on any atom is -0.371 e. The second-order valence-electron chi connectivity index (χ2n) is 6.83. The van der Waals surface area contributed by atoms with E-state index in [2.05, 4.69) is 29.0 Å². The number of pyridine rings is 1. The SMILES string of the molecule is CC(C)CNC(=O)C1CC2CN(Cc3ccncc3)CC1O2. The van der Waals surface area contributed by atoms with Crippen molar-refractivity contribution in [2.75, 3.05) is 19.6 Å². The monoisotopic (exact) mass is 303 g/mol. The number of nitrogens with zero attached hydrogens (tertiary/aromatic N) is 2. The van der Waals surface area contributed by atoms with Crippen LogP contribution in [-0.2, 0) is 16.1 Å². The molecular weight excluding hydrogens is 278 g/mol. The highest BCUT2D eigenvalue weighted by atomic mass is 16.5. The molecule has 5 heteroatoms. The number of likely N-dealkylation sites (tertiary alicyclic amines) is 1. The van der Waals surface area contributed by atoms with E-state index in [1.165, 1.54) is 5.56 Å². The summed E-state index contributed by atoms with van der Waals surface area (Å²) in [6, 6.07) is 4.09. The number of hydrogen-bond donors (Lipinski definition) is 1. The van der Waals surface area contributed by atoms with E-state index in [-0.39, 0.29) is 24.0 Å². The number of morpholine rings is 1. The lowest BCUT2D eigenvalue weighted by Crippen LogP contribution is -2.45. The van der Waals surface area contributed by atoms with Crippen LogP contribution in [0.2, 0.25) is 0 Å². The summed E-state index contributed by atoms with van der Waals surface area (Å²) in [5.41, 5.74) is 1.26. The number of rotatable bonds is 5. The first-order chi connectivity index (χ1) is 10.6. The molecule has 0 aromatic carbocycles. The Morgan fingerprint density at radius 3 is 2.91 bits per heavy atom. The third kappa shape index (κ3) is 3.65. The van der Waals surface area contributed by atoms with E-state index in [0.717, 1.165) is 32.6 Å². The summed E-state index contributed by atoms with van der Waals surface area (Å²) in [5.74, 6) is 0.645. The van der Waals surface area contributed by atoms with E-state index in [1.54, 1.807) is 0 Å². The summed E-state index contributed by atoms with van der Waals surface area (Å²) >= 11 is 0. The first-order valence-corrected chi connectivity index (χ1v) is 8.16. The Kier molecular flexibility index (Phi) is 4.74. The van der Waals surface area contributed by atoms with Crippen molar-refractivity contribution in [3.8, 4) is 0 Å². The molecule has 0 aliphatic carbocycles. The van der Waals surface area contributed by atoms with Gasteiger partial charge in [-0.15, -0.1) is 0 Å². The maximum atomic E-state index is 12.3. The Labute approximate surface area is 132 Å². The maximum Gasteiger partial charge on any atom is 0.225 e. The van der Waals surface area contributed by atoms with Crippen LogP contribution in [0.15, 0.2) is 24.5 Å². The predicted molar refractivity (Wildman–Crippen MR) is 84.1 cm³/mol. The van der Waals surface area contributed by atoms with Gasteiger partial charge in [0.25, 0.3) is 0 Å². The first-order valence-electron chi connectivity index (χ1n) is 8.16. The highest BCUT2D eigenvalue weighted by Crippen LogP contribution is 2.32. The third-order valence-electron chi connectivity index (χ3n) is 4.41. The van der Waals surface area contributed by atoms with Gasteiger partial charge in [0, 0.05) is 38.6 Å². The Bertz CT molecular complexity index is 506. The first kappa shape index (κ1) is 15.4. The van der Waals surface area contributed by atoms with E-state index >= 15 is 0 Å². The fourth-order valence-electron chi connectivity index (χ4n) is 3.32. The molecule has 2 aliphatic rings. The topological polar surface area (TPSA) is 54.5 Å². The number of aromatic nitrogens is 1. The van der Waals surface area contributed by atoms with E-state index in [0.29, 0.717) is 5.92 Å². The smallest absolute Gasteiger partial charge is 0.225 e. The average molecular weight is 303 g/mol. The molecule has 2 fully saturated rings. The van der Waals surface area contributed by atoms with Crippen LogP contribution < -0.4 is 5.32 Å². The largest absolute Gasteiger partial charge is 0.371 e. The quantitative estimate of drug-likeness (QED) is 0.894. The van der Waals surface area contributed by atoms with Gasteiger partial charge in [0.1, 0.15) is 0 Å². The summed E-state index contributed by atoms with van der Waals surface area (Å²) < 4.78 is 5.99. The second kappa shape index (κ2) is 6.75. The molecule has 1 N–H and O–H groups in total. The van der Waals surface area contributed by atoms with Crippen LogP contribution in [0.4, 0.5) is 0 Å². The molecular formula is C17H25N3O2. The standard InChI is InChI=1S/C17H25N3O2/c1-12(2)8-19-17(21)15-7-14-10-20(11-16(15)22-14)9-13-3-5-18-6-4-13/h3-6,12,14-16H,7-11H2,1-2H3,(H,19,21). The number of nitrogens with one attached hydrogen (secondary N) is 1. The van der Waals surface area contributed by atoms with Crippen molar-refractivity contribution >= 4 is 5.91 Å². The zero-order valence-corrected chi connectivity index (χ0v) is 13.4. The van der Waals surface area contributed by atoms with Gasteiger partial charge in [-0.1, -0.05) is 13.8 Å². The van der Waals surface area contributed by atoms with Gasteiger partial charge in [-0.25, -0.2) is 0 Å². The molecule has 3 rings (SSSR count). The molecule has 3 heterocycles.